The molecule has 4 nitrogen and oxygen atoms in total. The van der Waals surface area contributed by atoms with E-state index in [0.29, 0.717) is 22.0 Å². The molecule has 0 radical (unpaired) electrons. The number of benzene rings is 2. The lowest BCUT2D eigenvalue weighted by molar-refractivity contribution is -0.122. The molecule has 1 amide bonds. The molecule has 2 aromatic rings. The fraction of sp³-hybridized carbons (Fsp3) is 0.125. The number of rotatable bonds is 4. The van der Waals surface area contributed by atoms with Crippen LogP contribution in [0.25, 0.3) is 0 Å². The number of hydrogen-bond donors (Lipinski definition) is 1. The zero-order chi connectivity index (χ0) is 15.2. The van der Waals surface area contributed by atoms with Crippen molar-refractivity contribution >= 4 is 23.2 Å². The van der Waals surface area contributed by atoms with E-state index in [-0.39, 0.29) is 5.91 Å². The molecule has 0 fully saturated rings. The molecule has 2 aromatic carbocycles. The van der Waals surface area contributed by atoms with Crippen LogP contribution in [0.1, 0.15) is 12.5 Å². The lowest BCUT2D eigenvalue weighted by atomic mass is 10.2. The monoisotopic (exact) mass is 300 g/mol. The van der Waals surface area contributed by atoms with E-state index in [1.54, 1.807) is 55.5 Å². The first kappa shape index (κ1) is 14.9. The Morgan fingerprint density at radius 2 is 2.05 bits per heavy atom. The highest BCUT2D eigenvalue weighted by Crippen LogP contribution is 2.24. The predicted octanol–water partition coefficient (Wildman–Crippen LogP) is 3.62. The third kappa shape index (κ3) is 3.98. The van der Waals surface area contributed by atoms with E-state index in [0.717, 1.165) is 0 Å². The van der Waals surface area contributed by atoms with E-state index in [2.05, 4.69) is 5.32 Å². The lowest BCUT2D eigenvalue weighted by Gasteiger charge is -2.15. The second-order valence-electron chi connectivity index (χ2n) is 4.37. The fourth-order valence-electron chi connectivity index (χ4n) is 1.69. The fourth-order valence-corrected chi connectivity index (χ4v) is 1.87. The topological polar surface area (TPSA) is 62.1 Å². The molecule has 0 aliphatic heterocycles. The molecule has 0 unspecified atom stereocenters. The zero-order valence-corrected chi connectivity index (χ0v) is 12.1. The first-order valence-electron chi connectivity index (χ1n) is 6.32. The number of carbonyl (C=O) groups is 1. The second-order valence-corrected chi connectivity index (χ2v) is 4.78. The van der Waals surface area contributed by atoms with Gasteiger partial charge < -0.3 is 10.1 Å². The average Bonchev–Trinajstić information content (AvgIpc) is 2.49. The minimum Gasteiger partial charge on any atom is -0.479 e. The molecule has 1 N–H and O–H groups in total. The Kier molecular flexibility index (Phi) is 4.81. The van der Waals surface area contributed by atoms with Crippen molar-refractivity contribution in [3.05, 3.63) is 59.1 Å². The van der Waals surface area contributed by atoms with Gasteiger partial charge in [0, 0.05) is 5.69 Å². The number of para-hydroxylation sites is 1. The Bertz CT molecular complexity index is 695. The van der Waals surface area contributed by atoms with Crippen LogP contribution >= 0.6 is 11.6 Å². The summed E-state index contributed by atoms with van der Waals surface area (Å²) in [6.07, 6.45) is -0.712. The van der Waals surface area contributed by atoms with Gasteiger partial charge in [0.25, 0.3) is 5.91 Å². The van der Waals surface area contributed by atoms with Gasteiger partial charge in [-0.3, -0.25) is 4.79 Å². The lowest BCUT2D eigenvalue weighted by Crippen LogP contribution is -2.30. The summed E-state index contributed by atoms with van der Waals surface area (Å²) in [5, 5.41) is 12.0. The van der Waals surface area contributed by atoms with Gasteiger partial charge in [-0.15, -0.1) is 0 Å². The molecule has 0 heterocycles. The first-order valence-corrected chi connectivity index (χ1v) is 6.70. The SMILES string of the molecule is C[C@H](Oc1ccccc1Cl)C(=O)Nc1cccc(C#N)c1. The van der Waals surface area contributed by atoms with Crippen LogP contribution in [0.5, 0.6) is 5.75 Å². The van der Waals surface area contributed by atoms with E-state index in [1.807, 2.05) is 6.07 Å². The van der Waals surface area contributed by atoms with E-state index in [4.69, 9.17) is 21.6 Å². The van der Waals surface area contributed by atoms with Crippen molar-refractivity contribution in [3.63, 3.8) is 0 Å². The van der Waals surface area contributed by atoms with Crippen LogP contribution in [0.4, 0.5) is 5.69 Å². The molecule has 2 rings (SSSR count). The minimum atomic E-state index is -0.712. The van der Waals surface area contributed by atoms with Crippen molar-refractivity contribution < 1.29 is 9.53 Å². The van der Waals surface area contributed by atoms with E-state index in [1.165, 1.54) is 0 Å². The molecule has 5 heteroatoms. The van der Waals surface area contributed by atoms with Crippen LogP contribution in [-0.2, 0) is 4.79 Å². The highest BCUT2D eigenvalue weighted by molar-refractivity contribution is 6.32. The summed E-state index contributed by atoms with van der Waals surface area (Å²) in [6.45, 7) is 1.63. The van der Waals surface area contributed by atoms with Crippen LogP contribution in [-0.4, -0.2) is 12.0 Å². The third-order valence-corrected chi connectivity index (χ3v) is 3.08. The van der Waals surface area contributed by atoms with Crippen molar-refractivity contribution in [2.75, 3.05) is 5.32 Å². The molecule has 106 valence electrons. The summed E-state index contributed by atoms with van der Waals surface area (Å²) in [5.41, 5.74) is 1.03. The molecular weight excluding hydrogens is 288 g/mol. The molecule has 21 heavy (non-hydrogen) atoms. The molecule has 0 saturated carbocycles. The van der Waals surface area contributed by atoms with Crippen LogP contribution < -0.4 is 10.1 Å². The molecule has 0 spiro atoms. The number of ether oxygens (including phenoxy) is 1. The molecular formula is C16H13ClN2O2. The largest absolute Gasteiger partial charge is 0.479 e. The summed E-state index contributed by atoms with van der Waals surface area (Å²) >= 11 is 5.98. The highest BCUT2D eigenvalue weighted by atomic mass is 35.5. The van der Waals surface area contributed by atoms with Crippen molar-refractivity contribution in [1.82, 2.24) is 0 Å². The van der Waals surface area contributed by atoms with Gasteiger partial charge in [-0.2, -0.15) is 5.26 Å². The van der Waals surface area contributed by atoms with E-state index in [9.17, 15) is 4.79 Å². The van der Waals surface area contributed by atoms with Crippen molar-refractivity contribution in [2.24, 2.45) is 0 Å². The number of amides is 1. The summed E-state index contributed by atoms with van der Waals surface area (Å²) < 4.78 is 5.53. The quantitative estimate of drug-likeness (QED) is 0.938. The van der Waals surface area contributed by atoms with Gasteiger partial charge in [-0.05, 0) is 37.3 Å². The third-order valence-electron chi connectivity index (χ3n) is 2.77. The van der Waals surface area contributed by atoms with Gasteiger partial charge in [0.05, 0.1) is 16.7 Å². The molecule has 0 bridgehead atoms. The Morgan fingerprint density at radius 1 is 1.29 bits per heavy atom. The summed E-state index contributed by atoms with van der Waals surface area (Å²) in [4.78, 5) is 12.1. The molecule has 0 aliphatic rings. The van der Waals surface area contributed by atoms with Gasteiger partial charge in [-0.25, -0.2) is 0 Å². The first-order chi connectivity index (χ1) is 10.1. The number of hydrogen-bond acceptors (Lipinski definition) is 3. The Balaban J connectivity index is 2.03. The summed E-state index contributed by atoms with van der Waals surface area (Å²) in [7, 11) is 0. The Morgan fingerprint density at radius 3 is 2.76 bits per heavy atom. The summed E-state index contributed by atoms with van der Waals surface area (Å²) in [5.74, 6) is 0.137. The van der Waals surface area contributed by atoms with Gasteiger partial charge >= 0.3 is 0 Å². The summed E-state index contributed by atoms with van der Waals surface area (Å²) in [6, 6.07) is 15.6. The average molecular weight is 301 g/mol. The zero-order valence-electron chi connectivity index (χ0n) is 11.3. The maximum absolute atomic E-state index is 12.1. The van der Waals surface area contributed by atoms with Crippen LogP contribution in [0, 0.1) is 11.3 Å². The molecule has 0 saturated heterocycles. The molecule has 0 aliphatic carbocycles. The molecule has 0 aromatic heterocycles. The number of carbonyl (C=O) groups excluding carboxylic acids is 1. The van der Waals surface area contributed by atoms with Crippen molar-refractivity contribution in [2.45, 2.75) is 13.0 Å². The smallest absolute Gasteiger partial charge is 0.265 e. The molecule has 1 atom stereocenters. The highest BCUT2D eigenvalue weighted by Gasteiger charge is 2.16. The predicted molar refractivity (Wildman–Crippen MR) is 81.3 cm³/mol. The standard InChI is InChI=1S/C16H13ClN2O2/c1-11(21-15-8-3-2-7-14(15)17)16(20)19-13-6-4-5-12(9-13)10-18/h2-9,11H,1H3,(H,19,20)/t11-/m0/s1. The van der Waals surface area contributed by atoms with E-state index < -0.39 is 6.10 Å². The maximum atomic E-state index is 12.1. The number of halogens is 1. The number of nitrogens with one attached hydrogen (secondary N) is 1. The van der Waals surface area contributed by atoms with Gasteiger partial charge in [0.15, 0.2) is 6.10 Å². The Hall–Kier alpha value is -2.51. The van der Waals surface area contributed by atoms with Crippen molar-refractivity contribution in [1.29, 1.82) is 5.26 Å². The number of anilines is 1. The maximum Gasteiger partial charge on any atom is 0.265 e. The van der Waals surface area contributed by atoms with Crippen molar-refractivity contribution in [3.8, 4) is 11.8 Å². The van der Waals surface area contributed by atoms with Crippen LogP contribution in [0.3, 0.4) is 0 Å². The number of nitrogens with zero attached hydrogens (tertiary/aromatic N) is 1. The van der Waals surface area contributed by atoms with Crippen LogP contribution in [0.15, 0.2) is 48.5 Å². The van der Waals surface area contributed by atoms with Gasteiger partial charge in [0.2, 0.25) is 0 Å². The normalized spacial score (nSPS) is 11.3. The minimum absolute atomic E-state index is 0.315. The second kappa shape index (κ2) is 6.78. The van der Waals surface area contributed by atoms with E-state index >= 15 is 0 Å². The number of nitriles is 1. The van der Waals surface area contributed by atoms with Gasteiger partial charge in [-0.1, -0.05) is 29.8 Å². The Labute approximate surface area is 127 Å². The van der Waals surface area contributed by atoms with Gasteiger partial charge in [0.1, 0.15) is 5.75 Å². The van der Waals surface area contributed by atoms with Crippen LogP contribution in [0.2, 0.25) is 5.02 Å².